The summed E-state index contributed by atoms with van der Waals surface area (Å²) in [6.45, 7) is 0. The molecule has 0 amide bonds. The first-order valence-corrected chi connectivity index (χ1v) is 16.5. The topological polar surface area (TPSA) is 31.0 Å². The van der Waals surface area contributed by atoms with E-state index >= 15 is 0 Å². The first-order chi connectivity index (χ1) is 23.3. The normalized spacial score (nSPS) is 16.8. The summed E-state index contributed by atoms with van der Waals surface area (Å²) in [6.07, 6.45) is 6.46. The number of imidazole rings is 1. The Morgan fingerprint density at radius 3 is 2.28 bits per heavy atom. The van der Waals surface area contributed by atoms with Gasteiger partial charge in [0.05, 0.1) is 16.4 Å². The van der Waals surface area contributed by atoms with E-state index in [0.29, 0.717) is 0 Å². The fourth-order valence-corrected chi connectivity index (χ4v) is 8.85. The molecule has 8 aromatic rings. The predicted octanol–water partition coefficient (Wildman–Crippen LogP) is 10.7. The van der Waals surface area contributed by atoms with E-state index in [-0.39, 0.29) is 0 Å². The molecule has 2 aromatic heterocycles. The van der Waals surface area contributed by atoms with E-state index in [4.69, 9.17) is 9.40 Å². The molecule has 0 aliphatic heterocycles. The molecule has 47 heavy (non-hydrogen) atoms. The van der Waals surface area contributed by atoms with Crippen LogP contribution in [0.1, 0.15) is 40.0 Å². The smallest absolute Gasteiger partial charge is 0.145 e. The van der Waals surface area contributed by atoms with Gasteiger partial charge in [0.2, 0.25) is 0 Å². The number of aryl methyl sites for hydroxylation is 1. The van der Waals surface area contributed by atoms with Gasteiger partial charge in [-0.05, 0) is 82.1 Å². The molecule has 0 fully saturated rings. The van der Waals surface area contributed by atoms with Gasteiger partial charge in [-0.25, -0.2) is 4.98 Å². The van der Waals surface area contributed by atoms with E-state index < -0.39 is 5.41 Å². The zero-order valence-electron chi connectivity index (χ0n) is 25.6. The van der Waals surface area contributed by atoms with E-state index in [1.54, 1.807) is 0 Å². The second kappa shape index (κ2) is 9.08. The van der Waals surface area contributed by atoms with Crippen molar-refractivity contribution in [3.05, 3.63) is 173 Å². The SMILES string of the molecule is C1=Cc2oc3c4c(ccc3c2CC1)C1(c2ccccc2-c2ccc(-n3c(-c5ccccc5)nc5ccccc53)cc21)c1ccccc1-4. The highest BCUT2D eigenvalue weighted by Gasteiger charge is 2.52. The van der Waals surface area contributed by atoms with Crippen molar-refractivity contribution in [3.8, 4) is 39.3 Å². The lowest BCUT2D eigenvalue weighted by atomic mass is 9.70. The summed E-state index contributed by atoms with van der Waals surface area (Å²) >= 11 is 0. The second-order valence-electron chi connectivity index (χ2n) is 12.9. The molecule has 2 heterocycles. The first kappa shape index (κ1) is 25.3. The van der Waals surface area contributed by atoms with Crippen molar-refractivity contribution in [1.82, 2.24) is 9.55 Å². The minimum atomic E-state index is -0.478. The summed E-state index contributed by atoms with van der Waals surface area (Å²) in [5.74, 6) is 1.95. The maximum Gasteiger partial charge on any atom is 0.145 e. The van der Waals surface area contributed by atoms with Gasteiger partial charge in [-0.1, -0.05) is 115 Å². The van der Waals surface area contributed by atoms with Crippen LogP contribution in [-0.2, 0) is 11.8 Å². The van der Waals surface area contributed by atoms with Gasteiger partial charge in [0.25, 0.3) is 0 Å². The molecule has 1 spiro atoms. The maximum atomic E-state index is 6.77. The van der Waals surface area contributed by atoms with Gasteiger partial charge in [-0.2, -0.15) is 0 Å². The molecule has 0 saturated heterocycles. The van der Waals surface area contributed by atoms with Crippen molar-refractivity contribution in [2.45, 2.75) is 18.3 Å². The van der Waals surface area contributed by atoms with Crippen LogP contribution in [0.5, 0.6) is 0 Å². The van der Waals surface area contributed by atoms with Gasteiger partial charge in [-0.15, -0.1) is 0 Å². The molecule has 0 bridgehead atoms. The highest BCUT2D eigenvalue weighted by molar-refractivity contribution is 6.05. The summed E-state index contributed by atoms with van der Waals surface area (Å²) in [6, 6.07) is 48.7. The number of allylic oxidation sites excluding steroid dienone is 1. The van der Waals surface area contributed by atoms with Crippen LogP contribution >= 0.6 is 0 Å². The van der Waals surface area contributed by atoms with Crippen molar-refractivity contribution in [2.75, 3.05) is 0 Å². The highest BCUT2D eigenvalue weighted by atomic mass is 16.3. The van der Waals surface area contributed by atoms with Crippen molar-refractivity contribution in [3.63, 3.8) is 0 Å². The molecule has 3 aliphatic rings. The predicted molar refractivity (Wildman–Crippen MR) is 190 cm³/mol. The maximum absolute atomic E-state index is 6.77. The molecule has 3 nitrogen and oxygen atoms in total. The summed E-state index contributed by atoms with van der Waals surface area (Å²) in [5, 5.41) is 1.24. The number of fused-ring (bicyclic) bond motifs is 15. The molecule has 220 valence electrons. The van der Waals surface area contributed by atoms with Gasteiger partial charge in [0.15, 0.2) is 0 Å². The van der Waals surface area contributed by atoms with Crippen LogP contribution in [0, 0.1) is 0 Å². The Morgan fingerprint density at radius 2 is 1.38 bits per heavy atom. The van der Waals surface area contributed by atoms with Gasteiger partial charge in [-0.3, -0.25) is 4.57 Å². The third kappa shape index (κ3) is 3.14. The van der Waals surface area contributed by atoms with Crippen LogP contribution in [0.4, 0.5) is 0 Å². The fraction of sp³-hybridized carbons (Fsp3) is 0.0682. The minimum Gasteiger partial charge on any atom is -0.456 e. The zero-order valence-corrected chi connectivity index (χ0v) is 25.6. The van der Waals surface area contributed by atoms with Crippen LogP contribution in [0.3, 0.4) is 0 Å². The van der Waals surface area contributed by atoms with Crippen LogP contribution < -0.4 is 0 Å². The number of nitrogens with zero attached hydrogens (tertiary/aromatic N) is 2. The Bertz CT molecular complexity index is 2640. The molecule has 1 unspecified atom stereocenters. The van der Waals surface area contributed by atoms with Crippen LogP contribution in [0.15, 0.2) is 144 Å². The summed E-state index contributed by atoms with van der Waals surface area (Å²) < 4.78 is 9.10. The van der Waals surface area contributed by atoms with Crippen molar-refractivity contribution in [1.29, 1.82) is 0 Å². The minimum absolute atomic E-state index is 0.478. The van der Waals surface area contributed by atoms with Gasteiger partial charge >= 0.3 is 0 Å². The van der Waals surface area contributed by atoms with Gasteiger partial charge in [0.1, 0.15) is 17.2 Å². The van der Waals surface area contributed by atoms with E-state index in [1.165, 1.54) is 55.5 Å². The Hall–Kier alpha value is -5.93. The Kier molecular flexibility index (Phi) is 4.89. The van der Waals surface area contributed by atoms with Crippen LogP contribution in [-0.4, -0.2) is 9.55 Å². The van der Waals surface area contributed by atoms with Crippen molar-refractivity contribution >= 4 is 28.1 Å². The highest BCUT2D eigenvalue weighted by Crippen LogP contribution is 2.64. The number of rotatable bonds is 2. The van der Waals surface area contributed by atoms with E-state index in [0.717, 1.165) is 52.3 Å². The Labute approximate surface area is 272 Å². The second-order valence-corrected chi connectivity index (χ2v) is 12.9. The van der Waals surface area contributed by atoms with Gasteiger partial charge < -0.3 is 4.42 Å². The Morgan fingerprint density at radius 1 is 0.638 bits per heavy atom. The third-order valence-electron chi connectivity index (χ3n) is 10.7. The molecule has 0 saturated carbocycles. The standard InChI is InChI=1S/C44H28N2O/c1-2-12-27(13-3-1)43-45-38-19-9-10-20-39(38)46(43)28-22-23-30-29-14-4-7-17-34(29)44(37(30)26-28)35-18-8-5-16-33(35)41-36(44)25-24-32-31-15-6-11-21-40(31)47-42(32)41/h1-5,7-14,16-26H,6,15H2. The number of aromatic nitrogens is 2. The number of para-hydroxylation sites is 2. The number of hydrogen-bond donors (Lipinski definition) is 0. The van der Waals surface area contributed by atoms with E-state index in [2.05, 4.69) is 150 Å². The third-order valence-corrected chi connectivity index (χ3v) is 10.7. The molecule has 6 aromatic carbocycles. The monoisotopic (exact) mass is 600 g/mol. The van der Waals surface area contributed by atoms with Crippen LogP contribution in [0.2, 0.25) is 0 Å². The summed E-state index contributed by atoms with van der Waals surface area (Å²) in [5.41, 5.74) is 16.4. The van der Waals surface area contributed by atoms with Crippen molar-refractivity contribution < 1.29 is 4.42 Å². The fourth-order valence-electron chi connectivity index (χ4n) is 8.85. The molecule has 1 atom stereocenters. The lowest BCUT2D eigenvalue weighted by Crippen LogP contribution is -2.26. The molecule has 0 N–H and O–H groups in total. The number of furan rings is 1. The van der Waals surface area contributed by atoms with E-state index in [1.807, 2.05) is 0 Å². The summed E-state index contributed by atoms with van der Waals surface area (Å²) in [4.78, 5) is 5.16. The lowest BCUT2D eigenvalue weighted by Gasteiger charge is -2.30. The molecule has 11 rings (SSSR count). The summed E-state index contributed by atoms with van der Waals surface area (Å²) in [7, 11) is 0. The van der Waals surface area contributed by atoms with Gasteiger partial charge in [0, 0.05) is 27.8 Å². The number of benzene rings is 6. The van der Waals surface area contributed by atoms with E-state index in [9.17, 15) is 0 Å². The average molecular weight is 601 g/mol. The lowest BCUT2D eigenvalue weighted by molar-refractivity contribution is 0.596. The zero-order chi connectivity index (χ0) is 30.7. The molecular weight excluding hydrogens is 572 g/mol. The number of hydrogen-bond acceptors (Lipinski definition) is 2. The molecule has 3 heteroatoms. The quantitative estimate of drug-likeness (QED) is 0.198. The molecule has 3 aliphatic carbocycles. The Balaban J connectivity index is 1.25. The van der Waals surface area contributed by atoms with Crippen LogP contribution in [0.25, 0.3) is 67.4 Å². The average Bonchev–Trinajstić information content (AvgIpc) is 3.87. The first-order valence-electron chi connectivity index (χ1n) is 16.5. The largest absolute Gasteiger partial charge is 0.456 e. The molecule has 0 radical (unpaired) electrons. The molecular formula is C44H28N2O. The van der Waals surface area contributed by atoms with Crippen molar-refractivity contribution in [2.24, 2.45) is 0 Å².